The van der Waals surface area contributed by atoms with Gasteiger partial charge in [-0.25, -0.2) is 4.79 Å². The molecule has 1 heterocycles. The molecule has 2 aromatic rings. The minimum absolute atomic E-state index is 0.0262. The summed E-state index contributed by atoms with van der Waals surface area (Å²) in [6.07, 6.45) is 5.92. The number of nitrogens with one attached hydrogen (secondary N) is 1. The second kappa shape index (κ2) is 9.91. The fraction of sp³-hybridized carbons (Fsp3) is 0.409. The first-order valence-corrected chi connectivity index (χ1v) is 9.68. The van der Waals surface area contributed by atoms with Gasteiger partial charge >= 0.3 is 5.69 Å². The predicted molar refractivity (Wildman–Crippen MR) is 114 cm³/mol. The van der Waals surface area contributed by atoms with Gasteiger partial charge < -0.3 is 14.6 Å². The van der Waals surface area contributed by atoms with Gasteiger partial charge in [0.15, 0.2) is 0 Å². The number of carbonyl (C=O) groups excluding carboxylic acids is 1. The van der Waals surface area contributed by atoms with E-state index in [9.17, 15) is 14.4 Å². The average molecular weight is 399 g/mol. The number of ether oxygens (including phenoxy) is 1. The Balaban J connectivity index is 1.88. The van der Waals surface area contributed by atoms with Crippen molar-refractivity contribution in [1.29, 1.82) is 0 Å². The standard InChI is InChI=1S/C22H29N3O4/c1-15(2)29-19-11-8-17(9-12-19)7-6-16(3)23-20(26)13-10-18-14-24(4)22(28)25(5)21(18)27/h8-16H,6-7H2,1-5H3,(H,23,26). The molecule has 29 heavy (non-hydrogen) atoms. The molecule has 0 saturated carbocycles. The SMILES string of the molecule is CC(CCc1ccc(OC(C)C)cc1)NC(=O)C=Cc1cn(C)c(=O)n(C)c1=O. The molecule has 0 fully saturated rings. The molecule has 0 aliphatic heterocycles. The van der Waals surface area contributed by atoms with Crippen LogP contribution < -0.4 is 21.3 Å². The predicted octanol–water partition coefficient (Wildman–Crippen LogP) is 2.02. The van der Waals surface area contributed by atoms with Crippen molar-refractivity contribution in [1.82, 2.24) is 14.5 Å². The Kier molecular flexibility index (Phi) is 7.59. The summed E-state index contributed by atoms with van der Waals surface area (Å²) in [5, 5.41) is 2.89. The fourth-order valence-electron chi connectivity index (χ4n) is 2.87. The van der Waals surface area contributed by atoms with E-state index < -0.39 is 11.2 Å². The first kappa shape index (κ1) is 22.2. The molecule has 0 aliphatic rings. The van der Waals surface area contributed by atoms with Crippen LogP contribution in [0.4, 0.5) is 0 Å². The molecular weight excluding hydrogens is 370 g/mol. The number of aromatic nitrogens is 2. The van der Waals surface area contributed by atoms with Crippen molar-refractivity contribution < 1.29 is 9.53 Å². The summed E-state index contributed by atoms with van der Waals surface area (Å²) in [4.78, 5) is 35.9. The average Bonchev–Trinajstić information content (AvgIpc) is 2.67. The molecule has 0 saturated heterocycles. The van der Waals surface area contributed by atoms with E-state index in [1.165, 1.54) is 35.5 Å². The second-order valence-electron chi connectivity index (χ2n) is 7.43. The monoisotopic (exact) mass is 399 g/mol. The molecule has 156 valence electrons. The van der Waals surface area contributed by atoms with Crippen LogP contribution in [-0.2, 0) is 25.3 Å². The Morgan fingerprint density at radius 2 is 1.79 bits per heavy atom. The number of aryl methyl sites for hydroxylation is 2. The molecule has 1 unspecified atom stereocenters. The summed E-state index contributed by atoms with van der Waals surface area (Å²) in [5.74, 6) is 0.564. The number of benzene rings is 1. The zero-order valence-electron chi connectivity index (χ0n) is 17.6. The van der Waals surface area contributed by atoms with Crippen LogP contribution in [0, 0.1) is 0 Å². The summed E-state index contributed by atoms with van der Waals surface area (Å²) in [6, 6.07) is 7.94. The first-order valence-electron chi connectivity index (χ1n) is 9.68. The fourth-order valence-corrected chi connectivity index (χ4v) is 2.87. The Bertz CT molecular complexity index is 985. The Morgan fingerprint density at radius 3 is 2.41 bits per heavy atom. The third kappa shape index (κ3) is 6.48. The molecule has 0 aliphatic carbocycles. The molecule has 1 aromatic heterocycles. The van der Waals surface area contributed by atoms with Crippen LogP contribution in [0.5, 0.6) is 5.75 Å². The van der Waals surface area contributed by atoms with E-state index in [0.29, 0.717) is 0 Å². The van der Waals surface area contributed by atoms with Gasteiger partial charge in [-0.05, 0) is 57.4 Å². The number of hydrogen-bond donors (Lipinski definition) is 1. The summed E-state index contributed by atoms with van der Waals surface area (Å²) in [7, 11) is 2.97. The van der Waals surface area contributed by atoms with Crippen LogP contribution in [0.1, 0.15) is 38.3 Å². The molecule has 7 nitrogen and oxygen atoms in total. The summed E-state index contributed by atoms with van der Waals surface area (Å²) >= 11 is 0. The highest BCUT2D eigenvalue weighted by Gasteiger charge is 2.08. The van der Waals surface area contributed by atoms with Gasteiger partial charge in [0.25, 0.3) is 5.56 Å². The maximum Gasteiger partial charge on any atom is 0.330 e. The van der Waals surface area contributed by atoms with Gasteiger partial charge in [0, 0.05) is 32.4 Å². The quantitative estimate of drug-likeness (QED) is 0.689. The van der Waals surface area contributed by atoms with Crippen molar-refractivity contribution in [2.45, 2.75) is 45.8 Å². The number of amides is 1. The van der Waals surface area contributed by atoms with Crippen LogP contribution in [-0.4, -0.2) is 27.2 Å². The molecule has 1 amide bonds. The zero-order valence-corrected chi connectivity index (χ0v) is 17.6. The molecule has 2 rings (SSSR count). The van der Waals surface area contributed by atoms with Crippen molar-refractivity contribution in [2.24, 2.45) is 14.1 Å². The molecule has 0 bridgehead atoms. The third-order valence-electron chi connectivity index (χ3n) is 4.44. The van der Waals surface area contributed by atoms with Gasteiger partial charge in [0.1, 0.15) is 5.75 Å². The minimum Gasteiger partial charge on any atom is -0.491 e. The van der Waals surface area contributed by atoms with E-state index in [1.54, 1.807) is 7.05 Å². The summed E-state index contributed by atoms with van der Waals surface area (Å²) < 4.78 is 7.95. The van der Waals surface area contributed by atoms with Crippen LogP contribution in [0.15, 0.2) is 46.1 Å². The first-order chi connectivity index (χ1) is 13.7. The third-order valence-corrected chi connectivity index (χ3v) is 4.44. The number of nitrogens with zero attached hydrogens (tertiary/aromatic N) is 2. The molecule has 0 radical (unpaired) electrons. The number of carbonyl (C=O) groups is 1. The Hall–Kier alpha value is -3.09. The van der Waals surface area contributed by atoms with E-state index in [-0.39, 0.29) is 23.6 Å². The largest absolute Gasteiger partial charge is 0.491 e. The van der Waals surface area contributed by atoms with Crippen molar-refractivity contribution in [3.8, 4) is 5.75 Å². The maximum absolute atomic E-state index is 12.1. The van der Waals surface area contributed by atoms with E-state index in [0.717, 1.165) is 23.2 Å². The van der Waals surface area contributed by atoms with Crippen molar-refractivity contribution in [3.05, 3.63) is 68.5 Å². The van der Waals surface area contributed by atoms with E-state index in [1.807, 2.05) is 45.0 Å². The lowest BCUT2D eigenvalue weighted by Crippen LogP contribution is -2.37. The van der Waals surface area contributed by atoms with Crippen molar-refractivity contribution in [2.75, 3.05) is 0 Å². The minimum atomic E-state index is -0.435. The number of hydrogen-bond acceptors (Lipinski definition) is 4. The van der Waals surface area contributed by atoms with Crippen molar-refractivity contribution in [3.63, 3.8) is 0 Å². The smallest absolute Gasteiger partial charge is 0.330 e. The molecule has 7 heteroatoms. The zero-order chi connectivity index (χ0) is 21.6. The highest BCUT2D eigenvalue weighted by molar-refractivity contribution is 5.91. The van der Waals surface area contributed by atoms with Crippen molar-refractivity contribution >= 4 is 12.0 Å². The summed E-state index contributed by atoms with van der Waals surface area (Å²) in [5.41, 5.74) is 0.608. The lowest BCUT2D eigenvalue weighted by Gasteiger charge is -2.13. The molecule has 1 atom stereocenters. The number of rotatable bonds is 8. The Labute approximate surface area is 170 Å². The van der Waals surface area contributed by atoms with E-state index in [4.69, 9.17) is 4.74 Å². The van der Waals surface area contributed by atoms with Gasteiger partial charge in [-0.1, -0.05) is 12.1 Å². The molecule has 1 aromatic carbocycles. The highest BCUT2D eigenvalue weighted by atomic mass is 16.5. The topological polar surface area (TPSA) is 82.3 Å². The van der Waals surface area contributed by atoms with E-state index in [2.05, 4.69) is 5.32 Å². The van der Waals surface area contributed by atoms with Crippen LogP contribution >= 0.6 is 0 Å². The van der Waals surface area contributed by atoms with Gasteiger partial charge in [-0.3, -0.25) is 14.2 Å². The van der Waals surface area contributed by atoms with Gasteiger partial charge in [0.2, 0.25) is 5.91 Å². The Morgan fingerprint density at radius 1 is 1.14 bits per heavy atom. The van der Waals surface area contributed by atoms with Gasteiger partial charge in [0.05, 0.1) is 11.7 Å². The molecular formula is C22H29N3O4. The normalized spacial score (nSPS) is 12.3. The maximum atomic E-state index is 12.1. The second-order valence-corrected chi connectivity index (χ2v) is 7.43. The van der Waals surface area contributed by atoms with Crippen LogP contribution in [0.3, 0.4) is 0 Å². The summed E-state index contributed by atoms with van der Waals surface area (Å²) in [6.45, 7) is 5.92. The van der Waals surface area contributed by atoms with E-state index >= 15 is 0 Å². The molecule has 0 spiro atoms. The lowest BCUT2D eigenvalue weighted by atomic mass is 10.1. The lowest BCUT2D eigenvalue weighted by molar-refractivity contribution is -0.117. The van der Waals surface area contributed by atoms with Gasteiger partial charge in [-0.15, -0.1) is 0 Å². The van der Waals surface area contributed by atoms with Crippen LogP contribution in [0.2, 0.25) is 0 Å². The van der Waals surface area contributed by atoms with Gasteiger partial charge in [-0.2, -0.15) is 0 Å². The van der Waals surface area contributed by atoms with Crippen LogP contribution in [0.25, 0.3) is 6.08 Å². The highest BCUT2D eigenvalue weighted by Crippen LogP contribution is 2.15. The molecule has 1 N–H and O–H groups in total.